The molecule has 3 rings (SSSR count). The van der Waals surface area contributed by atoms with Gasteiger partial charge in [-0.05, 0) is 36.8 Å². The van der Waals surface area contributed by atoms with Crippen molar-refractivity contribution in [2.75, 3.05) is 11.1 Å². The van der Waals surface area contributed by atoms with Crippen molar-refractivity contribution in [3.63, 3.8) is 0 Å². The Balaban J connectivity index is 1.65. The Kier molecular flexibility index (Phi) is 5.14. The van der Waals surface area contributed by atoms with Gasteiger partial charge in [0.25, 0.3) is 0 Å². The maximum absolute atomic E-state index is 13.2. The maximum atomic E-state index is 13.2. The van der Waals surface area contributed by atoms with E-state index in [0.717, 1.165) is 23.4 Å². The van der Waals surface area contributed by atoms with Crippen LogP contribution in [-0.4, -0.2) is 21.2 Å². The number of benzene rings is 2. The molecule has 0 fully saturated rings. The summed E-state index contributed by atoms with van der Waals surface area (Å²) in [6.07, 6.45) is 3.49. The van der Waals surface area contributed by atoms with Crippen LogP contribution in [0.15, 0.2) is 60.0 Å². The Hall–Kier alpha value is -2.67. The van der Waals surface area contributed by atoms with Crippen molar-refractivity contribution in [2.45, 2.75) is 12.1 Å². The highest BCUT2D eigenvalue weighted by atomic mass is 32.2. The summed E-state index contributed by atoms with van der Waals surface area (Å²) in [6.45, 7) is 2.00. The van der Waals surface area contributed by atoms with Crippen LogP contribution in [0.5, 0.6) is 0 Å². The zero-order chi connectivity index (χ0) is 17.8. The average molecular weight is 359 g/mol. The molecule has 0 unspecified atom stereocenters. The standard InChI is InChI=1S/C18H15F2N3OS/c1-12-3-2-4-14(9-12)23-8-7-21-18(23)25-11-17(24)22-13-5-6-15(19)16(20)10-13/h2-10H,11H2,1H3,(H,22,24). The molecular weight excluding hydrogens is 344 g/mol. The number of hydrogen-bond acceptors (Lipinski definition) is 3. The summed E-state index contributed by atoms with van der Waals surface area (Å²) in [7, 11) is 0. The monoisotopic (exact) mass is 359 g/mol. The number of carbonyl (C=O) groups excluding carboxylic acids is 1. The van der Waals surface area contributed by atoms with Crippen LogP contribution in [0, 0.1) is 18.6 Å². The van der Waals surface area contributed by atoms with Crippen molar-refractivity contribution in [2.24, 2.45) is 0 Å². The van der Waals surface area contributed by atoms with Gasteiger partial charge in [0, 0.05) is 29.8 Å². The number of anilines is 1. The first-order valence-electron chi connectivity index (χ1n) is 7.51. The minimum Gasteiger partial charge on any atom is -0.325 e. The first-order valence-corrected chi connectivity index (χ1v) is 8.49. The van der Waals surface area contributed by atoms with Crippen molar-refractivity contribution >= 4 is 23.4 Å². The molecule has 0 spiro atoms. The molecule has 1 N–H and O–H groups in total. The summed E-state index contributed by atoms with van der Waals surface area (Å²) in [5.74, 6) is -2.18. The van der Waals surface area contributed by atoms with Crippen molar-refractivity contribution in [1.29, 1.82) is 0 Å². The van der Waals surface area contributed by atoms with E-state index in [0.29, 0.717) is 5.16 Å². The van der Waals surface area contributed by atoms with E-state index in [4.69, 9.17) is 0 Å². The van der Waals surface area contributed by atoms with E-state index in [9.17, 15) is 13.6 Å². The minimum atomic E-state index is -1.000. The third-order valence-corrected chi connectivity index (χ3v) is 4.39. The Morgan fingerprint density at radius 1 is 1.20 bits per heavy atom. The Morgan fingerprint density at radius 3 is 2.80 bits per heavy atom. The number of nitrogens with one attached hydrogen (secondary N) is 1. The third kappa shape index (κ3) is 4.24. The average Bonchev–Trinajstić information content (AvgIpc) is 3.05. The molecule has 1 aromatic heterocycles. The van der Waals surface area contributed by atoms with Crippen LogP contribution in [0.25, 0.3) is 5.69 Å². The van der Waals surface area contributed by atoms with Gasteiger partial charge >= 0.3 is 0 Å². The quantitative estimate of drug-likeness (QED) is 0.695. The number of aryl methyl sites for hydroxylation is 1. The molecule has 0 bridgehead atoms. The molecule has 0 atom stereocenters. The highest BCUT2D eigenvalue weighted by Gasteiger charge is 2.10. The van der Waals surface area contributed by atoms with Crippen LogP contribution >= 0.6 is 11.8 Å². The molecule has 0 saturated heterocycles. The van der Waals surface area contributed by atoms with Crippen molar-refractivity contribution in [1.82, 2.24) is 9.55 Å². The van der Waals surface area contributed by atoms with Gasteiger partial charge in [-0.15, -0.1) is 0 Å². The first-order chi connectivity index (χ1) is 12.0. The van der Waals surface area contributed by atoms with Crippen molar-refractivity contribution < 1.29 is 13.6 Å². The number of rotatable bonds is 5. The van der Waals surface area contributed by atoms with E-state index in [2.05, 4.69) is 10.3 Å². The van der Waals surface area contributed by atoms with Crippen LogP contribution < -0.4 is 5.32 Å². The van der Waals surface area contributed by atoms with Crippen LogP contribution in [-0.2, 0) is 4.79 Å². The van der Waals surface area contributed by atoms with Crippen molar-refractivity contribution in [3.05, 3.63) is 72.1 Å². The molecule has 0 aliphatic rings. The fraction of sp³-hybridized carbons (Fsp3) is 0.111. The highest BCUT2D eigenvalue weighted by Crippen LogP contribution is 2.21. The van der Waals surface area contributed by atoms with Gasteiger partial charge in [-0.25, -0.2) is 13.8 Å². The Bertz CT molecular complexity index is 911. The molecule has 3 aromatic rings. The predicted molar refractivity (Wildman–Crippen MR) is 94.0 cm³/mol. The molecule has 2 aromatic carbocycles. The van der Waals surface area contributed by atoms with Crippen LogP contribution in [0.4, 0.5) is 14.5 Å². The van der Waals surface area contributed by atoms with Gasteiger partial charge in [-0.3, -0.25) is 9.36 Å². The third-order valence-electron chi connectivity index (χ3n) is 3.42. The molecule has 4 nitrogen and oxygen atoms in total. The molecule has 128 valence electrons. The van der Waals surface area contributed by atoms with Gasteiger partial charge in [0.1, 0.15) is 0 Å². The minimum absolute atomic E-state index is 0.0990. The molecule has 0 saturated carbocycles. The summed E-state index contributed by atoms with van der Waals surface area (Å²) in [5.41, 5.74) is 2.30. The van der Waals surface area contributed by atoms with Crippen LogP contribution in [0.3, 0.4) is 0 Å². The van der Waals surface area contributed by atoms with E-state index < -0.39 is 11.6 Å². The molecule has 25 heavy (non-hydrogen) atoms. The van der Waals surface area contributed by atoms with Gasteiger partial charge in [-0.1, -0.05) is 23.9 Å². The van der Waals surface area contributed by atoms with E-state index >= 15 is 0 Å². The smallest absolute Gasteiger partial charge is 0.234 e. The molecule has 0 aliphatic heterocycles. The van der Waals surface area contributed by atoms with Gasteiger partial charge in [0.2, 0.25) is 5.91 Å². The number of hydrogen-bond donors (Lipinski definition) is 1. The lowest BCUT2D eigenvalue weighted by molar-refractivity contribution is -0.113. The number of imidazole rings is 1. The first kappa shape index (κ1) is 17.2. The van der Waals surface area contributed by atoms with Crippen LogP contribution in [0.2, 0.25) is 0 Å². The molecule has 1 heterocycles. The zero-order valence-corrected chi connectivity index (χ0v) is 14.2. The second-order valence-corrected chi connectivity index (χ2v) is 6.33. The van der Waals surface area contributed by atoms with E-state index in [1.165, 1.54) is 17.8 Å². The lowest BCUT2D eigenvalue weighted by Gasteiger charge is -2.09. The molecule has 0 radical (unpaired) electrons. The second kappa shape index (κ2) is 7.48. The fourth-order valence-corrected chi connectivity index (χ4v) is 3.05. The number of carbonyl (C=O) groups is 1. The summed E-state index contributed by atoms with van der Waals surface area (Å²) < 4.78 is 28.0. The molecule has 7 heteroatoms. The number of thioether (sulfide) groups is 1. The summed E-state index contributed by atoms with van der Waals surface area (Å²) in [4.78, 5) is 16.3. The lowest BCUT2D eigenvalue weighted by atomic mass is 10.2. The van der Waals surface area contributed by atoms with E-state index in [-0.39, 0.29) is 17.3 Å². The summed E-state index contributed by atoms with van der Waals surface area (Å²) in [5, 5.41) is 3.21. The number of nitrogens with zero attached hydrogens (tertiary/aromatic N) is 2. The van der Waals surface area contributed by atoms with Crippen LogP contribution in [0.1, 0.15) is 5.56 Å². The summed E-state index contributed by atoms with van der Waals surface area (Å²) >= 11 is 1.26. The fourth-order valence-electron chi connectivity index (χ4n) is 2.27. The van der Waals surface area contributed by atoms with Gasteiger partial charge in [-0.2, -0.15) is 0 Å². The summed E-state index contributed by atoms with van der Waals surface area (Å²) in [6, 6.07) is 11.2. The Morgan fingerprint density at radius 2 is 2.04 bits per heavy atom. The molecule has 0 aliphatic carbocycles. The van der Waals surface area contributed by atoms with Crippen molar-refractivity contribution in [3.8, 4) is 5.69 Å². The SMILES string of the molecule is Cc1cccc(-n2ccnc2SCC(=O)Nc2ccc(F)c(F)c2)c1. The number of aromatic nitrogens is 2. The zero-order valence-electron chi connectivity index (χ0n) is 13.4. The van der Waals surface area contributed by atoms with Gasteiger partial charge in [0.05, 0.1) is 5.75 Å². The van der Waals surface area contributed by atoms with Gasteiger partial charge in [0.15, 0.2) is 16.8 Å². The molecular formula is C18H15F2N3OS. The highest BCUT2D eigenvalue weighted by molar-refractivity contribution is 7.99. The number of halogens is 2. The lowest BCUT2D eigenvalue weighted by Crippen LogP contribution is -2.14. The topological polar surface area (TPSA) is 46.9 Å². The second-order valence-electron chi connectivity index (χ2n) is 5.38. The van der Waals surface area contributed by atoms with E-state index in [1.807, 2.05) is 42.0 Å². The predicted octanol–water partition coefficient (Wildman–Crippen LogP) is 4.19. The number of amides is 1. The Labute approximate surface area is 147 Å². The van der Waals surface area contributed by atoms with E-state index in [1.54, 1.807) is 6.20 Å². The largest absolute Gasteiger partial charge is 0.325 e. The normalized spacial score (nSPS) is 10.7. The van der Waals surface area contributed by atoms with Gasteiger partial charge < -0.3 is 5.32 Å². The molecule has 1 amide bonds. The maximum Gasteiger partial charge on any atom is 0.234 e.